The van der Waals surface area contributed by atoms with E-state index in [9.17, 15) is 0 Å². The number of likely N-dealkylation sites (tertiary alicyclic amines) is 2. The maximum absolute atomic E-state index is 6.95. The maximum Gasteiger partial charge on any atom is 0.225 e. The van der Waals surface area contributed by atoms with Crippen LogP contribution in [0.5, 0.6) is 17.2 Å². The van der Waals surface area contributed by atoms with Crippen LogP contribution >= 0.6 is 81.2 Å². The summed E-state index contributed by atoms with van der Waals surface area (Å²) in [6.07, 6.45) is 2.89. The molecule has 18 heteroatoms. The number of piperidine rings is 2. The van der Waals surface area contributed by atoms with Crippen LogP contribution in [-0.4, -0.2) is 88.3 Å². The van der Waals surface area contributed by atoms with Crippen molar-refractivity contribution in [2.75, 3.05) is 56.5 Å². The fourth-order valence-corrected chi connectivity index (χ4v) is 8.39. The van der Waals surface area contributed by atoms with E-state index in [2.05, 4.69) is 35.8 Å². The van der Waals surface area contributed by atoms with E-state index in [1.807, 2.05) is 54.2 Å². The van der Waals surface area contributed by atoms with Crippen LogP contribution in [0.2, 0.25) is 35.9 Å². The number of hydrogen-bond acceptors (Lipinski definition) is 11. The third kappa shape index (κ3) is 10.2. The fourth-order valence-electron chi connectivity index (χ4n) is 7.13. The summed E-state index contributed by atoms with van der Waals surface area (Å²) in [5, 5.41) is 4.87. The van der Waals surface area contributed by atoms with E-state index in [0.717, 1.165) is 81.8 Å². The van der Waals surface area contributed by atoms with Crippen LogP contribution in [0.1, 0.15) is 50.7 Å². The van der Waals surface area contributed by atoms with Gasteiger partial charge in [-0.25, -0.2) is 9.97 Å². The topological polar surface area (TPSA) is 92.2 Å². The Labute approximate surface area is 356 Å². The van der Waals surface area contributed by atoms with E-state index < -0.39 is 0 Å². The van der Waals surface area contributed by atoms with E-state index in [-0.39, 0.29) is 43.0 Å². The number of anilines is 2. The van der Waals surface area contributed by atoms with E-state index >= 15 is 0 Å². The molecule has 4 heterocycles. The zero-order valence-electron chi connectivity index (χ0n) is 30.6. The Kier molecular flexibility index (Phi) is 14.8. The van der Waals surface area contributed by atoms with Crippen molar-refractivity contribution < 1.29 is 14.2 Å². The van der Waals surface area contributed by atoms with Gasteiger partial charge < -0.3 is 14.2 Å². The predicted octanol–water partition coefficient (Wildman–Crippen LogP) is 10.2. The molecule has 0 N–H and O–H groups in total. The van der Waals surface area contributed by atoms with Crippen molar-refractivity contribution in [2.24, 2.45) is 0 Å². The molecule has 4 aromatic rings. The minimum atomic E-state index is -0.141. The Hall–Kier alpha value is -2.45. The molecule has 11 nitrogen and oxygen atoms in total. The number of halogens is 7. The first kappa shape index (κ1) is 42.2. The molecular formula is C37H41Cl7N8O3. The summed E-state index contributed by atoms with van der Waals surface area (Å²) in [6, 6.07) is 11.7. The quantitative estimate of drug-likeness (QED) is 0.0688. The summed E-state index contributed by atoms with van der Waals surface area (Å²) in [6.45, 7) is 9.46. The lowest BCUT2D eigenvalue weighted by Crippen LogP contribution is -2.59. The molecule has 0 atom stereocenters. The number of hydrazine groups is 1. The highest BCUT2D eigenvalue weighted by Crippen LogP contribution is 2.42. The maximum atomic E-state index is 6.95. The first-order valence-electron chi connectivity index (χ1n) is 18.0. The number of aromatic nitrogens is 4. The van der Waals surface area contributed by atoms with Crippen molar-refractivity contribution in [3.63, 3.8) is 0 Å². The molecule has 0 radical (unpaired) electrons. The minimum Gasteiger partial charge on any atom is -0.493 e. The van der Waals surface area contributed by atoms with Gasteiger partial charge in [-0.05, 0) is 98.1 Å². The van der Waals surface area contributed by atoms with Gasteiger partial charge in [0, 0.05) is 39.3 Å². The van der Waals surface area contributed by atoms with Gasteiger partial charge in [-0.3, -0.25) is 19.8 Å². The van der Waals surface area contributed by atoms with Crippen LogP contribution in [0, 0.1) is 0 Å². The molecule has 0 unspecified atom stereocenters. The number of ether oxygens (including phenoxy) is 3. The third-order valence-electron chi connectivity index (χ3n) is 9.64. The molecule has 0 amide bonds. The zero-order chi connectivity index (χ0) is 39.2. The highest BCUT2D eigenvalue weighted by atomic mass is 35.5. The summed E-state index contributed by atoms with van der Waals surface area (Å²) < 4.78 is 17.1. The standard InChI is InChI=1S/C37H41Cl7N8O3/c1-4-54-28-18-22(6-8-26(28)38)20-49-14-10-24(11-15-49)51(34-30(39)32(41)45-36(43)47-34)52(35-31(40)33(42)46-37(44)48-35)25-12-16-50(17-13-25)21-23-7-9-27(53-3)29(19-23)55-5-2/h6-9,18-19,24-25H,4-5,10-17,20-21H2,1-3H3. The molecule has 6 rings (SSSR count). The van der Waals surface area contributed by atoms with Crippen molar-refractivity contribution in [1.29, 1.82) is 0 Å². The summed E-state index contributed by atoms with van der Waals surface area (Å²) in [5.41, 5.74) is 2.23. The van der Waals surface area contributed by atoms with E-state index in [4.69, 9.17) is 95.4 Å². The number of nitrogens with zero attached hydrogens (tertiary/aromatic N) is 8. The van der Waals surface area contributed by atoms with E-state index in [1.165, 1.54) is 0 Å². The molecule has 0 saturated carbocycles. The lowest BCUT2D eigenvalue weighted by atomic mass is 10.0. The van der Waals surface area contributed by atoms with E-state index in [1.54, 1.807) is 7.11 Å². The molecule has 0 aliphatic carbocycles. The van der Waals surface area contributed by atoms with Gasteiger partial charge in [0.15, 0.2) is 33.4 Å². The van der Waals surface area contributed by atoms with E-state index in [0.29, 0.717) is 41.4 Å². The van der Waals surface area contributed by atoms with Crippen molar-refractivity contribution in [2.45, 2.75) is 64.7 Å². The monoisotopic (exact) mass is 890 g/mol. The average Bonchev–Trinajstić information content (AvgIpc) is 3.16. The smallest absolute Gasteiger partial charge is 0.225 e. The van der Waals surface area contributed by atoms with Crippen LogP contribution in [0.25, 0.3) is 0 Å². The van der Waals surface area contributed by atoms with Gasteiger partial charge >= 0.3 is 0 Å². The van der Waals surface area contributed by atoms with Crippen LogP contribution in [-0.2, 0) is 13.1 Å². The van der Waals surface area contributed by atoms with Crippen molar-refractivity contribution in [3.8, 4) is 17.2 Å². The van der Waals surface area contributed by atoms with Crippen molar-refractivity contribution in [1.82, 2.24) is 29.7 Å². The van der Waals surface area contributed by atoms with Crippen LogP contribution in [0.15, 0.2) is 36.4 Å². The molecule has 2 aliphatic heterocycles. The van der Waals surface area contributed by atoms with Gasteiger partial charge in [0.25, 0.3) is 0 Å². The van der Waals surface area contributed by atoms with Gasteiger partial charge in [-0.15, -0.1) is 0 Å². The highest BCUT2D eigenvalue weighted by molar-refractivity contribution is 6.44. The molecule has 2 aromatic heterocycles. The summed E-state index contributed by atoms with van der Waals surface area (Å²) >= 11 is 46.4. The minimum absolute atomic E-state index is 0.0254. The summed E-state index contributed by atoms with van der Waals surface area (Å²) in [7, 11) is 1.64. The molecule has 2 saturated heterocycles. The number of hydrogen-bond donors (Lipinski definition) is 0. The zero-order valence-corrected chi connectivity index (χ0v) is 35.8. The molecular weight excluding hydrogens is 853 g/mol. The van der Waals surface area contributed by atoms with Crippen molar-refractivity contribution >= 4 is 92.8 Å². The van der Waals surface area contributed by atoms with Crippen LogP contribution in [0.4, 0.5) is 11.6 Å². The Balaban J connectivity index is 1.31. The number of benzene rings is 2. The first-order chi connectivity index (χ1) is 26.5. The highest BCUT2D eigenvalue weighted by Gasteiger charge is 2.39. The summed E-state index contributed by atoms with van der Waals surface area (Å²) in [5.74, 6) is 2.76. The molecule has 2 aromatic carbocycles. The summed E-state index contributed by atoms with van der Waals surface area (Å²) in [4.78, 5) is 22.3. The Bertz CT molecular complexity index is 1950. The van der Waals surface area contributed by atoms with Crippen molar-refractivity contribution in [3.05, 3.63) is 83.5 Å². The SMILES string of the molecule is CCOc1cc(CN2CCC(N(c3nc(Cl)nc(Cl)c3Cl)N(c3nc(Cl)nc(Cl)c3Cl)C3CCN(Cc4ccc(OC)c(OCC)c4)CC3)CC2)ccc1Cl. The van der Waals surface area contributed by atoms with Gasteiger partial charge in [-0.2, -0.15) is 9.97 Å². The Morgan fingerprint density at radius 2 is 1.04 bits per heavy atom. The predicted molar refractivity (Wildman–Crippen MR) is 222 cm³/mol. The lowest BCUT2D eigenvalue weighted by molar-refractivity contribution is 0.183. The van der Waals surface area contributed by atoms with Crippen LogP contribution in [0.3, 0.4) is 0 Å². The lowest BCUT2D eigenvalue weighted by Gasteiger charge is -2.49. The first-order valence-corrected chi connectivity index (χ1v) is 20.6. The Morgan fingerprint density at radius 3 is 1.49 bits per heavy atom. The van der Waals surface area contributed by atoms with Gasteiger partial charge in [0.1, 0.15) is 15.8 Å². The van der Waals surface area contributed by atoms with Crippen LogP contribution < -0.4 is 24.2 Å². The molecule has 2 aliphatic rings. The number of methoxy groups -OCH3 is 1. The second-order valence-electron chi connectivity index (χ2n) is 13.2. The molecule has 55 heavy (non-hydrogen) atoms. The molecule has 296 valence electrons. The third-order valence-corrected chi connectivity index (χ3v) is 11.7. The molecule has 0 spiro atoms. The fraction of sp³-hybridized carbons (Fsp3) is 0.459. The van der Waals surface area contributed by atoms with Gasteiger partial charge in [-0.1, -0.05) is 70.1 Å². The molecule has 2 fully saturated rings. The number of rotatable bonds is 14. The average molecular weight is 894 g/mol. The second kappa shape index (κ2) is 19.3. The van der Waals surface area contributed by atoms with Gasteiger partial charge in [0.2, 0.25) is 10.6 Å². The Morgan fingerprint density at radius 1 is 0.600 bits per heavy atom. The largest absolute Gasteiger partial charge is 0.493 e. The second-order valence-corrected chi connectivity index (χ2v) is 15.7. The molecule has 0 bridgehead atoms. The van der Waals surface area contributed by atoms with Gasteiger partial charge in [0.05, 0.1) is 37.4 Å². The normalized spacial score (nSPS) is 16.0.